The van der Waals surface area contributed by atoms with Gasteiger partial charge in [0.2, 0.25) is 0 Å². The predicted molar refractivity (Wildman–Crippen MR) is 75.0 cm³/mol. The SMILES string of the molecule is COC(C)(C)CCN(CCC(N)=NO)CC(C)C. The van der Waals surface area contributed by atoms with E-state index in [0.29, 0.717) is 12.3 Å². The monoisotopic (exact) mass is 259 g/mol. The zero-order chi connectivity index (χ0) is 14.2. The van der Waals surface area contributed by atoms with Crippen molar-refractivity contribution in [3.8, 4) is 0 Å². The average molecular weight is 259 g/mol. The fourth-order valence-corrected chi connectivity index (χ4v) is 1.66. The molecule has 3 N–H and O–H groups in total. The summed E-state index contributed by atoms with van der Waals surface area (Å²) < 4.78 is 5.42. The van der Waals surface area contributed by atoms with Crippen molar-refractivity contribution in [1.82, 2.24) is 4.90 Å². The second kappa shape index (κ2) is 8.32. The second-order valence-electron chi connectivity index (χ2n) is 5.75. The van der Waals surface area contributed by atoms with Crippen LogP contribution in [0.15, 0.2) is 5.16 Å². The molecule has 0 aliphatic heterocycles. The molecule has 0 heterocycles. The minimum atomic E-state index is -0.105. The molecule has 0 spiro atoms. The minimum Gasteiger partial charge on any atom is -0.409 e. The lowest BCUT2D eigenvalue weighted by molar-refractivity contribution is 0.00681. The number of amidine groups is 1. The summed E-state index contributed by atoms with van der Waals surface area (Å²) in [6.45, 7) is 11.3. The van der Waals surface area contributed by atoms with Crippen LogP contribution in [0.3, 0.4) is 0 Å². The molecule has 0 atom stereocenters. The number of rotatable bonds is 9. The van der Waals surface area contributed by atoms with E-state index in [4.69, 9.17) is 15.7 Å². The Labute approximate surface area is 111 Å². The summed E-state index contributed by atoms with van der Waals surface area (Å²) in [7, 11) is 1.74. The highest BCUT2D eigenvalue weighted by Gasteiger charge is 2.18. The van der Waals surface area contributed by atoms with Gasteiger partial charge in [0.25, 0.3) is 0 Å². The molecule has 5 nitrogen and oxygen atoms in total. The van der Waals surface area contributed by atoms with Crippen LogP contribution in [-0.2, 0) is 4.74 Å². The zero-order valence-electron chi connectivity index (χ0n) is 12.4. The Morgan fingerprint density at radius 3 is 2.44 bits per heavy atom. The van der Waals surface area contributed by atoms with Gasteiger partial charge in [-0.05, 0) is 26.2 Å². The predicted octanol–water partition coefficient (Wildman–Crippen LogP) is 1.90. The van der Waals surface area contributed by atoms with Crippen molar-refractivity contribution in [3.05, 3.63) is 0 Å². The van der Waals surface area contributed by atoms with E-state index in [0.717, 1.165) is 26.1 Å². The van der Waals surface area contributed by atoms with E-state index >= 15 is 0 Å². The van der Waals surface area contributed by atoms with Gasteiger partial charge in [-0.25, -0.2) is 0 Å². The molecule has 5 heteroatoms. The highest BCUT2D eigenvalue weighted by atomic mass is 16.5. The van der Waals surface area contributed by atoms with E-state index in [-0.39, 0.29) is 11.4 Å². The van der Waals surface area contributed by atoms with Crippen LogP contribution in [0.25, 0.3) is 0 Å². The molecular formula is C13H29N3O2. The molecule has 18 heavy (non-hydrogen) atoms. The van der Waals surface area contributed by atoms with Crippen LogP contribution in [0.1, 0.15) is 40.5 Å². The minimum absolute atomic E-state index is 0.105. The van der Waals surface area contributed by atoms with E-state index in [1.807, 2.05) is 0 Å². The summed E-state index contributed by atoms with van der Waals surface area (Å²) >= 11 is 0. The normalized spacial score (nSPS) is 13.6. The number of hydrogen-bond donors (Lipinski definition) is 2. The Kier molecular flexibility index (Phi) is 7.95. The third-order valence-electron chi connectivity index (χ3n) is 3.02. The standard InChI is InChI=1S/C13H29N3O2/c1-11(2)10-16(8-6-12(14)15-17)9-7-13(3,4)18-5/h11,17H,6-10H2,1-5H3,(H2,14,15). The maximum Gasteiger partial charge on any atom is 0.140 e. The van der Waals surface area contributed by atoms with Crippen LogP contribution in [-0.4, -0.2) is 48.3 Å². The number of methoxy groups -OCH3 is 1. The van der Waals surface area contributed by atoms with Crippen molar-refractivity contribution in [2.75, 3.05) is 26.7 Å². The van der Waals surface area contributed by atoms with E-state index < -0.39 is 0 Å². The van der Waals surface area contributed by atoms with Crippen molar-refractivity contribution < 1.29 is 9.94 Å². The van der Waals surface area contributed by atoms with Crippen LogP contribution in [0.5, 0.6) is 0 Å². The lowest BCUT2D eigenvalue weighted by Crippen LogP contribution is -2.36. The van der Waals surface area contributed by atoms with Gasteiger partial charge in [0.1, 0.15) is 5.84 Å². The zero-order valence-corrected chi connectivity index (χ0v) is 12.4. The molecular weight excluding hydrogens is 230 g/mol. The Bertz CT molecular complexity index is 253. The van der Waals surface area contributed by atoms with Crippen molar-refractivity contribution in [2.45, 2.75) is 46.1 Å². The van der Waals surface area contributed by atoms with Crippen LogP contribution < -0.4 is 5.73 Å². The summed E-state index contributed by atoms with van der Waals surface area (Å²) in [5, 5.41) is 11.6. The van der Waals surface area contributed by atoms with Crippen molar-refractivity contribution in [1.29, 1.82) is 0 Å². The fraction of sp³-hybridized carbons (Fsp3) is 0.923. The number of nitrogens with zero attached hydrogens (tertiary/aromatic N) is 2. The Balaban J connectivity index is 4.23. The highest BCUT2D eigenvalue weighted by molar-refractivity contribution is 5.79. The molecule has 0 bridgehead atoms. The molecule has 0 aromatic heterocycles. The molecule has 0 rings (SSSR count). The molecule has 0 aromatic rings. The fourth-order valence-electron chi connectivity index (χ4n) is 1.66. The summed E-state index contributed by atoms with van der Waals surface area (Å²) in [6.07, 6.45) is 1.56. The van der Waals surface area contributed by atoms with Gasteiger partial charge in [-0.2, -0.15) is 0 Å². The molecule has 0 aromatic carbocycles. The quantitative estimate of drug-likeness (QED) is 0.287. The molecule has 0 fully saturated rings. The molecule has 0 saturated carbocycles. The molecule has 0 unspecified atom stereocenters. The summed E-state index contributed by atoms with van der Waals surface area (Å²) in [5.74, 6) is 0.887. The second-order valence-corrected chi connectivity index (χ2v) is 5.75. The smallest absolute Gasteiger partial charge is 0.140 e. The lowest BCUT2D eigenvalue weighted by Gasteiger charge is -2.29. The largest absolute Gasteiger partial charge is 0.409 e. The van der Waals surface area contributed by atoms with Gasteiger partial charge in [0.15, 0.2) is 0 Å². The Hall–Kier alpha value is -0.810. The first-order chi connectivity index (χ1) is 8.30. The van der Waals surface area contributed by atoms with Crippen LogP contribution in [0.2, 0.25) is 0 Å². The van der Waals surface area contributed by atoms with Gasteiger partial charge in [-0.1, -0.05) is 19.0 Å². The Morgan fingerprint density at radius 1 is 1.39 bits per heavy atom. The van der Waals surface area contributed by atoms with Gasteiger partial charge >= 0.3 is 0 Å². The maximum absolute atomic E-state index is 8.55. The van der Waals surface area contributed by atoms with E-state index in [2.05, 4.69) is 37.8 Å². The molecule has 0 radical (unpaired) electrons. The number of nitrogens with two attached hydrogens (primary N) is 1. The first kappa shape index (κ1) is 17.2. The van der Waals surface area contributed by atoms with Crippen LogP contribution >= 0.6 is 0 Å². The number of oxime groups is 1. The number of hydrogen-bond acceptors (Lipinski definition) is 4. The van der Waals surface area contributed by atoms with E-state index in [1.165, 1.54) is 0 Å². The topological polar surface area (TPSA) is 71.1 Å². The third-order valence-corrected chi connectivity index (χ3v) is 3.02. The van der Waals surface area contributed by atoms with Crippen molar-refractivity contribution in [3.63, 3.8) is 0 Å². The van der Waals surface area contributed by atoms with E-state index in [9.17, 15) is 0 Å². The van der Waals surface area contributed by atoms with Gasteiger partial charge in [-0.3, -0.25) is 0 Å². The number of ether oxygens (including phenoxy) is 1. The van der Waals surface area contributed by atoms with Crippen molar-refractivity contribution >= 4 is 5.84 Å². The molecule has 0 aliphatic carbocycles. The maximum atomic E-state index is 8.55. The van der Waals surface area contributed by atoms with Crippen LogP contribution in [0, 0.1) is 5.92 Å². The average Bonchev–Trinajstić information content (AvgIpc) is 2.31. The summed E-state index contributed by atoms with van der Waals surface area (Å²) in [6, 6.07) is 0. The summed E-state index contributed by atoms with van der Waals surface area (Å²) in [4.78, 5) is 2.34. The van der Waals surface area contributed by atoms with E-state index in [1.54, 1.807) is 7.11 Å². The first-order valence-electron chi connectivity index (χ1n) is 6.54. The van der Waals surface area contributed by atoms with Gasteiger partial charge in [0, 0.05) is 33.2 Å². The Morgan fingerprint density at radius 2 is 2.00 bits per heavy atom. The highest BCUT2D eigenvalue weighted by Crippen LogP contribution is 2.14. The molecule has 0 aliphatic rings. The van der Waals surface area contributed by atoms with Gasteiger partial charge in [-0.15, -0.1) is 0 Å². The molecule has 0 amide bonds. The lowest BCUT2D eigenvalue weighted by atomic mass is 10.0. The van der Waals surface area contributed by atoms with Gasteiger partial charge < -0.3 is 20.6 Å². The molecule has 0 saturated heterocycles. The van der Waals surface area contributed by atoms with Crippen LogP contribution in [0.4, 0.5) is 0 Å². The summed E-state index contributed by atoms with van der Waals surface area (Å²) in [5.41, 5.74) is 5.40. The first-order valence-corrected chi connectivity index (χ1v) is 6.54. The van der Waals surface area contributed by atoms with Gasteiger partial charge in [0.05, 0.1) is 5.60 Å². The van der Waals surface area contributed by atoms with Crippen molar-refractivity contribution in [2.24, 2.45) is 16.8 Å². The molecule has 108 valence electrons. The third kappa shape index (κ3) is 8.31.